The van der Waals surface area contributed by atoms with Crippen molar-refractivity contribution in [1.29, 1.82) is 0 Å². The van der Waals surface area contributed by atoms with Crippen LogP contribution in [0, 0.1) is 13.8 Å². The molecule has 3 aromatic heterocycles. The average Bonchev–Trinajstić information content (AvgIpc) is 3.50. The van der Waals surface area contributed by atoms with Crippen LogP contribution in [0.15, 0.2) is 59.1 Å². The van der Waals surface area contributed by atoms with Gasteiger partial charge >= 0.3 is 0 Å². The van der Waals surface area contributed by atoms with E-state index >= 15 is 0 Å². The molecule has 0 radical (unpaired) electrons. The van der Waals surface area contributed by atoms with Crippen LogP contribution in [0.1, 0.15) is 61.6 Å². The summed E-state index contributed by atoms with van der Waals surface area (Å²) in [5.74, 6) is 0. The summed E-state index contributed by atoms with van der Waals surface area (Å²) in [5.41, 5.74) is 13.6. The number of nitrogens with zero attached hydrogens (tertiary/aromatic N) is 2. The molecule has 0 saturated carbocycles. The Morgan fingerprint density at radius 2 is 1.22 bits per heavy atom. The van der Waals surface area contributed by atoms with Gasteiger partial charge in [0.15, 0.2) is 0 Å². The summed E-state index contributed by atoms with van der Waals surface area (Å²) >= 11 is 3.58. The Hall–Kier alpha value is -3.18. The Balaban J connectivity index is 1.72. The van der Waals surface area contributed by atoms with Crippen molar-refractivity contribution in [2.45, 2.75) is 65.2 Å². The smallest absolute Gasteiger partial charge is 0.0487 e. The lowest BCUT2D eigenvalue weighted by molar-refractivity contribution is 0.543. The van der Waals surface area contributed by atoms with Crippen LogP contribution in [0.2, 0.25) is 0 Å². The van der Waals surface area contributed by atoms with Crippen LogP contribution in [-0.2, 0) is 23.7 Å². The molecule has 0 fully saturated rings. The number of hydrogen-bond donors (Lipinski definition) is 2. The summed E-state index contributed by atoms with van der Waals surface area (Å²) in [7, 11) is 0. The Morgan fingerprint density at radius 1 is 0.676 bits per heavy atom. The molecule has 2 N–H and O–H groups in total. The average molecular weight is 554 g/mol. The van der Waals surface area contributed by atoms with Crippen LogP contribution in [0.25, 0.3) is 33.2 Å². The van der Waals surface area contributed by atoms with E-state index in [9.17, 15) is 0 Å². The first-order valence-electron chi connectivity index (χ1n) is 13.0. The number of H-pyrrole nitrogens is 2. The molecule has 0 unspecified atom stereocenters. The second-order valence-electron chi connectivity index (χ2n) is 11.9. The summed E-state index contributed by atoms with van der Waals surface area (Å²) in [6, 6.07) is 19.7. The van der Waals surface area contributed by atoms with Gasteiger partial charge in [0, 0.05) is 78.6 Å². The predicted octanol–water partition coefficient (Wildman–Crippen LogP) is 8.40. The van der Waals surface area contributed by atoms with Crippen molar-refractivity contribution in [2.24, 2.45) is 0 Å². The molecule has 37 heavy (non-hydrogen) atoms. The lowest BCUT2D eigenvalue weighted by Gasteiger charge is -2.15. The first kappa shape index (κ1) is 24.2. The van der Waals surface area contributed by atoms with Gasteiger partial charge in [-0.25, -0.2) is 0 Å². The lowest BCUT2D eigenvalue weighted by atomic mass is 9.86. The Morgan fingerprint density at radius 3 is 1.84 bits per heavy atom. The van der Waals surface area contributed by atoms with Crippen LogP contribution < -0.4 is 0 Å². The van der Waals surface area contributed by atoms with Gasteiger partial charge in [-0.05, 0) is 73.0 Å². The molecule has 0 aliphatic carbocycles. The third-order valence-electron chi connectivity index (χ3n) is 8.02. The summed E-state index contributed by atoms with van der Waals surface area (Å²) in [5, 5.41) is 0. The first-order chi connectivity index (χ1) is 17.5. The van der Waals surface area contributed by atoms with Crippen LogP contribution >= 0.6 is 15.9 Å². The van der Waals surface area contributed by atoms with Gasteiger partial charge in [0.05, 0.1) is 0 Å². The normalized spacial score (nSPS) is 16.2. The Labute approximate surface area is 226 Å². The topological polar surface area (TPSA) is 57.4 Å². The van der Waals surface area contributed by atoms with Crippen LogP contribution in [0.3, 0.4) is 0 Å². The molecule has 0 amide bonds. The maximum atomic E-state index is 5.15. The van der Waals surface area contributed by atoms with E-state index in [1.165, 1.54) is 22.3 Å². The molecular weight excluding hydrogens is 520 g/mol. The van der Waals surface area contributed by atoms with Gasteiger partial charge < -0.3 is 9.97 Å². The minimum Gasteiger partial charge on any atom is -0.355 e. The molecule has 0 saturated heterocycles. The zero-order chi connectivity index (χ0) is 26.1. The maximum absolute atomic E-state index is 5.15. The lowest BCUT2D eigenvalue weighted by Crippen LogP contribution is -2.15. The quantitative estimate of drug-likeness (QED) is 0.249. The number of nitrogens with one attached hydrogen (secondary N) is 2. The molecule has 2 aliphatic heterocycles. The molecule has 0 spiro atoms. The highest BCUT2D eigenvalue weighted by Gasteiger charge is 2.30. The third kappa shape index (κ3) is 4.33. The van der Waals surface area contributed by atoms with Crippen LogP contribution in [0.4, 0.5) is 0 Å². The van der Waals surface area contributed by atoms with Crippen molar-refractivity contribution in [2.75, 3.05) is 0 Å². The third-order valence-corrected chi connectivity index (χ3v) is 8.55. The number of rotatable bonds is 1. The Kier molecular flexibility index (Phi) is 5.50. The fourth-order valence-corrected chi connectivity index (χ4v) is 5.86. The van der Waals surface area contributed by atoms with Crippen molar-refractivity contribution < 1.29 is 0 Å². The molecular formula is C32H33BrN4. The van der Waals surface area contributed by atoms with Crippen LogP contribution in [0.5, 0.6) is 0 Å². The van der Waals surface area contributed by atoms with Gasteiger partial charge in [-0.1, -0.05) is 55.8 Å². The van der Waals surface area contributed by atoms with Crippen molar-refractivity contribution in [3.63, 3.8) is 0 Å². The highest BCUT2D eigenvalue weighted by molar-refractivity contribution is 9.10. The minimum absolute atomic E-state index is 0.0335. The summed E-state index contributed by atoms with van der Waals surface area (Å²) in [6.45, 7) is 13.5. The minimum atomic E-state index is -0.0563. The van der Waals surface area contributed by atoms with E-state index in [0.717, 1.165) is 62.2 Å². The van der Waals surface area contributed by atoms with Crippen molar-refractivity contribution in [3.8, 4) is 11.1 Å². The van der Waals surface area contributed by atoms with Crippen molar-refractivity contribution in [1.82, 2.24) is 19.9 Å². The fraction of sp³-hybridized carbons (Fsp3) is 0.312. The largest absolute Gasteiger partial charge is 0.355 e. The Bertz CT molecular complexity index is 1700. The van der Waals surface area contributed by atoms with Gasteiger partial charge in [0.2, 0.25) is 0 Å². The molecule has 4 aromatic rings. The number of aromatic nitrogens is 4. The molecule has 4 nitrogen and oxygen atoms in total. The van der Waals surface area contributed by atoms with Gasteiger partial charge in [-0.3, -0.25) is 9.97 Å². The maximum Gasteiger partial charge on any atom is 0.0487 e. The molecule has 5 heterocycles. The molecule has 6 rings (SSSR count). The first-order valence-corrected chi connectivity index (χ1v) is 13.7. The van der Waals surface area contributed by atoms with E-state index in [4.69, 9.17) is 9.97 Å². The summed E-state index contributed by atoms with van der Waals surface area (Å²) < 4.78 is 1.07. The fourth-order valence-electron chi connectivity index (χ4n) is 5.60. The molecule has 8 bridgehead atoms. The van der Waals surface area contributed by atoms with E-state index < -0.39 is 0 Å². The number of aryl methyl sites for hydroxylation is 2. The zero-order valence-electron chi connectivity index (χ0n) is 22.4. The standard InChI is InChI=1S/C32H33BrN4/c1-18-19(2)27-14-29-31(3,4)16-23(35-29)11-22-12-25(20-7-9-21(33)10-8-20)28(34-22)15-30-32(5,6)17-24(36-30)13-26(18)37-27/h7-15,34,37H,16-17H2,1-6H3. The molecule has 1 aromatic carbocycles. The predicted molar refractivity (Wildman–Crippen MR) is 157 cm³/mol. The van der Waals surface area contributed by atoms with Crippen molar-refractivity contribution in [3.05, 3.63) is 93.0 Å². The van der Waals surface area contributed by atoms with E-state index in [1.807, 2.05) is 0 Å². The van der Waals surface area contributed by atoms with Gasteiger partial charge in [0.1, 0.15) is 0 Å². The molecule has 5 heteroatoms. The van der Waals surface area contributed by atoms with Gasteiger partial charge in [-0.15, -0.1) is 0 Å². The monoisotopic (exact) mass is 552 g/mol. The molecule has 188 valence electrons. The SMILES string of the molecule is Cc1c(C)c2cc3nc(cc4cc(-c5ccc(Br)cc5)c(cc5nc(cc1[nH]2)CC5(C)C)[nH]4)CC3(C)C. The number of hydrogen-bond acceptors (Lipinski definition) is 2. The molecule has 2 aliphatic rings. The van der Waals surface area contributed by atoms with E-state index in [1.54, 1.807) is 0 Å². The molecule has 0 atom stereocenters. The highest BCUT2D eigenvalue weighted by atomic mass is 79.9. The van der Waals surface area contributed by atoms with Crippen LogP contribution in [-0.4, -0.2) is 19.9 Å². The summed E-state index contributed by atoms with van der Waals surface area (Å²) in [6.07, 6.45) is 1.81. The number of halogens is 1. The number of benzene rings is 1. The summed E-state index contributed by atoms with van der Waals surface area (Å²) in [4.78, 5) is 17.6. The van der Waals surface area contributed by atoms with E-state index in [2.05, 4.69) is 122 Å². The second kappa shape index (κ2) is 8.42. The van der Waals surface area contributed by atoms with Crippen molar-refractivity contribution >= 4 is 38.0 Å². The van der Waals surface area contributed by atoms with Gasteiger partial charge in [0.25, 0.3) is 0 Å². The van der Waals surface area contributed by atoms with E-state index in [-0.39, 0.29) is 10.8 Å². The highest BCUT2D eigenvalue weighted by Crippen LogP contribution is 2.35. The number of aromatic amines is 2. The number of fused-ring (bicyclic) bond motifs is 8. The van der Waals surface area contributed by atoms with E-state index in [0.29, 0.717) is 0 Å². The zero-order valence-corrected chi connectivity index (χ0v) is 24.0. The second-order valence-corrected chi connectivity index (χ2v) is 12.9. The van der Waals surface area contributed by atoms with Gasteiger partial charge in [-0.2, -0.15) is 0 Å².